The highest BCUT2D eigenvalue weighted by Crippen LogP contribution is 2.67. The standard InChI is InChI=1S/C60H106N2O6/c1-9-10-11-12-13-14-15-16-17-18-19-20-21-22-23-27-41-65-46-51(45-62-39-25-24-26-40-62)66-42-43-67-56(63)58(5,6)61-57(64)68-50-35-37-59(7)49(44-50)31-32-52-54-34-33-53(48(4)30-28-29-47(2)3)60(54,8)38-36-55(52)59/h16-17,31,47-48,50-55H,9-15,18-30,32-46H2,1-8H3,(H,61,64)/t48-,50+,51?,52+,53-,54+,55+,59+,60-/m1/s1. The Balaban J connectivity index is 0.959. The lowest BCUT2D eigenvalue weighted by Gasteiger charge is -2.58. The highest BCUT2D eigenvalue weighted by molar-refractivity contribution is 5.84. The molecule has 392 valence electrons. The number of amides is 1. The number of allylic oxidation sites excluding steroid dienone is 3. The number of fused-ring (bicyclic) bond motifs is 5. The maximum absolute atomic E-state index is 13.3. The van der Waals surface area contributed by atoms with Crippen LogP contribution in [0.25, 0.3) is 0 Å². The number of carbonyl (C=O) groups is 2. The molecule has 8 nitrogen and oxygen atoms in total. The van der Waals surface area contributed by atoms with Crippen LogP contribution in [-0.4, -0.2) is 80.8 Å². The van der Waals surface area contributed by atoms with Crippen LogP contribution >= 0.6 is 0 Å². The number of alkyl carbamates (subject to hydrolysis) is 1. The Labute approximate surface area is 418 Å². The summed E-state index contributed by atoms with van der Waals surface area (Å²) in [6.07, 6.45) is 42.0. The molecule has 1 aliphatic heterocycles. The third-order valence-electron chi connectivity index (χ3n) is 18.1. The average Bonchev–Trinajstić information content (AvgIpc) is 3.67. The highest BCUT2D eigenvalue weighted by Gasteiger charge is 2.59. The van der Waals surface area contributed by atoms with Crippen molar-refractivity contribution >= 4 is 12.1 Å². The summed E-state index contributed by atoms with van der Waals surface area (Å²) < 4.78 is 24.2. The van der Waals surface area contributed by atoms with Gasteiger partial charge in [0.05, 0.1) is 19.3 Å². The predicted molar refractivity (Wildman–Crippen MR) is 282 cm³/mol. The zero-order chi connectivity index (χ0) is 48.8. The van der Waals surface area contributed by atoms with Gasteiger partial charge in [0.15, 0.2) is 0 Å². The predicted octanol–water partition coefficient (Wildman–Crippen LogP) is 15.4. The van der Waals surface area contributed by atoms with Crippen LogP contribution in [0.4, 0.5) is 4.79 Å². The van der Waals surface area contributed by atoms with Crippen molar-refractivity contribution in [2.75, 3.05) is 46.1 Å². The molecule has 8 heteroatoms. The van der Waals surface area contributed by atoms with E-state index < -0.39 is 17.6 Å². The second-order valence-electron chi connectivity index (χ2n) is 24.3. The summed E-state index contributed by atoms with van der Waals surface area (Å²) in [5.74, 6) is 4.34. The van der Waals surface area contributed by atoms with Gasteiger partial charge in [0, 0.05) is 19.6 Å². The van der Waals surface area contributed by atoms with E-state index >= 15 is 0 Å². The van der Waals surface area contributed by atoms with Crippen molar-refractivity contribution in [2.24, 2.45) is 46.3 Å². The Bertz CT molecular complexity index is 1500. The lowest BCUT2D eigenvalue weighted by molar-refractivity contribution is -0.153. The summed E-state index contributed by atoms with van der Waals surface area (Å²) in [4.78, 5) is 29.1. The molecular weight excluding hydrogens is 845 g/mol. The number of hydrogen-bond donors (Lipinski definition) is 1. The smallest absolute Gasteiger partial charge is 0.408 e. The monoisotopic (exact) mass is 951 g/mol. The first-order valence-electron chi connectivity index (χ1n) is 29.2. The zero-order valence-electron chi connectivity index (χ0n) is 45.5. The molecule has 4 fully saturated rings. The first-order valence-corrected chi connectivity index (χ1v) is 29.2. The molecule has 3 saturated carbocycles. The zero-order valence-corrected chi connectivity index (χ0v) is 45.5. The van der Waals surface area contributed by atoms with Crippen LogP contribution in [0.3, 0.4) is 0 Å². The number of nitrogens with zero attached hydrogens (tertiary/aromatic N) is 1. The number of nitrogens with one attached hydrogen (secondary N) is 1. The summed E-state index contributed by atoms with van der Waals surface area (Å²) in [6, 6.07) is 0. The van der Waals surface area contributed by atoms with E-state index in [1.165, 1.54) is 160 Å². The minimum atomic E-state index is -1.22. The minimum absolute atomic E-state index is 0.0731. The molecule has 9 atom stereocenters. The number of esters is 1. The fraction of sp³-hybridized carbons (Fsp3) is 0.900. The third-order valence-corrected chi connectivity index (χ3v) is 18.1. The van der Waals surface area contributed by atoms with Gasteiger partial charge in [-0.1, -0.05) is 149 Å². The second-order valence-corrected chi connectivity index (χ2v) is 24.3. The largest absolute Gasteiger partial charge is 0.462 e. The van der Waals surface area contributed by atoms with E-state index in [9.17, 15) is 9.59 Å². The molecule has 0 bridgehead atoms. The van der Waals surface area contributed by atoms with Crippen LogP contribution in [0, 0.1) is 46.3 Å². The van der Waals surface area contributed by atoms with Gasteiger partial charge >= 0.3 is 12.1 Å². The molecule has 0 radical (unpaired) electrons. The highest BCUT2D eigenvalue weighted by atomic mass is 16.6. The number of likely N-dealkylation sites (tertiary alicyclic amines) is 1. The summed E-state index contributed by atoms with van der Waals surface area (Å²) in [6.45, 7) is 22.9. The first kappa shape index (κ1) is 57.0. The molecule has 1 heterocycles. The molecule has 1 saturated heterocycles. The molecule has 1 unspecified atom stereocenters. The van der Waals surface area contributed by atoms with Crippen molar-refractivity contribution in [3.05, 3.63) is 23.8 Å². The van der Waals surface area contributed by atoms with Gasteiger partial charge in [-0.05, 0) is 163 Å². The van der Waals surface area contributed by atoms with Gasteiger partial charge in [0.1, 0.15) is 18.2 Å². The number of unbranched alkanes of at least 4 members (excludes halogenated alkanes) is 12. The summed E-state index contributed by atoms with van der Waals surface area (Å²) in [5.41, 5.74) is 0.949. The molecule has 0 aromatic carbocycles. The van der Waals surface area contributed by atoms with Crippen LogP contribution in [0.2, 0.25) is 0 Å². The van der Waals surface area contributed by atoms with Gasteiger partial charge in [-0.25, -0.2) is 9.59 Å². The number of piperidine rings is 1. The van der Waals surface area contributed by atoms with Gasteiger partial charge in [-0.2, -0.15) is 0 Å². The SMILES string of the molecule is CCCCCCCCC=CCCCCCCCCOCC(CN1CCCCC1)OCCOC(=O)C(C)(C)NC(=O)O[C@H]1CC[C@@]2(C)C(=CC[C@H]3[C@@H]4CC[C@H]([C@H](C)CCCC(C)C)[C@@]4(C)CC[C@@H]32)C1. The number of hydrogen-bond acceptors (Lipinski definition) is 7. The Morgan fingerprint density at radius 3 is 2.19 bits per heavy atom. The first-order chi connectivity index (χ1) is 32.8. The molecule has 0 aromatic rings. The van der Waals surface area contributed by atoms with Gasteiger partial charge in [0.25, 0.3) is 0 Å². The number of ether oxygens (including phenoxy) is 4. The van der Waals surface area contributed by atoms with Gasteiger partial charge in [-0.3, -0.25) is 0 Å². The van der Waals surface area contributed by atoms with Crippen molar-refractivity contribution in [1.29, 1.82) is 0 Å². The molecule has 0 spiro atoms. The number of carbonyl (C=O) groups excluding carboxylic acids is 2. The van der Waals surface area contributed by atoms with E-state index in [-0.39, 0.29) is 30.8 Å². The third kappa shape index (κ3) is 17.7. The van der Waals surface area contributed by atoms with Crippen molar-refractivity contribution < 1.29 is 28.5 Å². The van der Waals surface area contributed by atoms with E-state index in [0.29, 0.717) is 12.0 Å². The van der Waals surface area contributed by atoms with Gasteiger partial charge < -0.3 is 29.2 Å². The van der Waals surface area contributed by atoms with Crippen molar-refractivity contribution in [3.8, 4) is 0 Å². The minimum Gasteiger partial charge on any atom is -0.462 e. The Morgan fingerprint density at radius 1 is 0.794 bits per heavy atom. The molecule has 68 heavy (non-hydrogen) atoms. The van der Waals surface area contributed by atoms with Gasteiger partial charge in [0.2, 0.25) is 0 Å². The van der Waals surface area contributed by atoms with Crippen LogP contribution in [-0.2, 0) is 23.7 Å². The normalized spacial score (nSPS) is 28.4. The Hall–Kier alpha value is -1.90. The Kier molecular flexibility index (Phi) is 24.8. The van der Waals surface area contributed by atoms with E-state index in [1.54, 1.807) is 13.8 Å². The summed E-state index contributed by atoms with van der Waals surface area (Å²) >= 11 is 0. The molecule has 1 amide bonds. The Morgan fingerprint density at radius 2 is 1.49 bits per heavy atom. The van der Waals surface area contributed by atoms with Crippen LogP contribution in [0.5, 0.6) is 0 Å². The molecule has 4 aliphatic carbocycles. The maximum atomic E-state index is 13.3. The van der Waals surface area contributed by atoms with Crippen LogP contribution < -0.4 is 5.32 Å². The van der Waals surface area contributed by atoms with Crippen molar-refractivity contribution in [1.82, 2.24) is 10.2 Å². The van der Waals surface area contributed by atoms with Gasteiger partial charge in [-0.15, -0.1) is 0 Å². The summed E-state index contributed by atoms with van der Waals surface area (Å²) in [5, 5.41) is 2.84. The molecule has 5 aliphatic rings. The lowest BCUT2D eigenvalue weighted by atomic mass is 9.47. The molecular formula is C60H106N2O6. The van der Waals surface area contributed by atoms with Crippen LogP contribution in [0.15, 0.2) is 23.8 Å². The quantitative estimate of drug-likeness (QED) is 0.0408. The topological polar surface area (TPSA) is 86.3 Å². The fourth-order valence-electron chi connectivity index (χ4n) is 14.0. The van der Waals surface area contributed by atoms with E-state index in [4.69, 9.17) is 18.9 Å². The van der Waals surface area contributed by atoms with E-state index in [1.807, 2.05) is 0 Å². The average molecular weight is 952 g/mol. The van der Waals surface area contributed by atoms with E-state index in [2.05, 4.69) is 70.0 Å². The molecule has 0 aromatic heterocycles. The number of rotatable bonds is 32. The lowest BCUT2D eigenvalue weighted by Crippen LogP contribution is -2.53. The van der Waals surface area contributed by atoms with Crippen LogP contribution in [0.1, 0.15) is 235 Å². The molecule has 5 rings (SSSR count). The molecule has 1 N–H and O–H groups in total. The summed E-state index contributed by atoms with van der Waals surface area (Å²) in [7, 11) is 0. The van der Waals surface area contributed by atoms with Crippen molar-refractivity contribution in [3.63, 3.8) is 0 Å². The van der Waals surface area contributed by atoms with E-state index in [0.717, 1.165) is 87.4 Å². The fourth-order valence-corrected chi connectivity index (χ4v) is 14.0. The maximum Gasteiger partial charge on any atom is 0.408 e. The second kappa shape index (κ2) is 29.6. The van der Waals surface area contributed by atoms with Crippen molar-refractivity contribution in [2.45, 2.75) is 253 Å².